The van der Waals surface area contributed by atoms with E-state index in [1.807, 2.05) is 31.2 Å². The molecule has 12 heteroatoms. The number of ether oxygens (including phenoxy) is 3. The number of nitrogens with one attached hydrogen (secondary N) is 2. The molecule has 1 aromatic heterocycles. The number of carbonyl (C=O) groups is 2. The molecule has 0 aliphatic rings. The Morgan fingerprint density at radius 1 is 0.978 bits per heavy atom. The van der Waals surface area contributed by atoms with Crippen LogP contribution in [0.3, 0.4) is 0 Å². The van der Waals surface area contributed by atoms with Crippen LogP contribution in [-0.2, 0) is 6.18 Å². The van der Waals surface area contributed by atoms with Crippen molar-refractivity contribution in [2.45, 2.75) is 13.1 Å². The second kappa shape index (κ2) is 13.1. The predicted molar refractivity (Wildman–Crippen MR) is 164 cm³/mol. The molecule has 0 aliphatic carbocycles. The summed E-state index contributed by atoms with van der Waals surface area (Å²) in [6.07, 6.45) is -3.26. The summed E-state index contributed by atoms with van der Waals surface area (Å²) in [5, 5.41) is 5.26. The molecule has 0 radical (unpaired) electrons. The number of hydrogen-bond acceptors (Lipinski definition) is 6. The van der Waals surface area contributed by atoms with Crippen molar-refractivity contribution in [1.82, 2.24) is 10.4 Å². The van der Waals surface area contributed by atoms with E-state index in [9.17, 15) is 22.8 Å². The molecule has 0 bridgehead atoms. The van der Waals surface area contributed by atoms with Crippen molar-refractivity contribution in [3.63, 3.8) is 0 Å². The number of H-pyrrole nitrogens is 1. The number of benzene rings is 4. The van der Waals surface area contributed by atoms with Crippen molar-refractivity contribution in [3.05, 3.63) is 112 Å². The standard InChI is InChI=1S/C33H25ClF3N3O5/c1-3-44-22-12-13-26-24(17-22)29(23-9-4-5-10-25(23)34)30(39-26)31(41)40-38-18-19-11-14-27(28(15-19)43-2)45-32(42)20-7-6-8-21(16-20)33(35,36)37/h4-18,39H,3H2,1-2H3,(H,40,41). The lowest BCUT2D eigenvalue weighted by molar-refractivity contribution is -0.137. The van der Waals surface area contributed by atoms with Crippen LogP contribution in [0.2, 0.25) is 5.02 Å². The van der Waals surface area contributed by atoms with E-state index in [2.05, 4.69) is 15.5 Å². The Bertz CT molecular complexity index is 1920. The van der Waals surface area contributed by atoms with Gasteiger partial charge in [0.25, 0.3) is 5.91 Å². The molecular weight excluding hydrogens is 611 g/mol. The van der Waals surface area contributed by atoms with Gasteiger partial charge in [-0.15, -0.1) is 0 Å². The van der Waals surface area contributed by atoms with Gasteiger partial charge in [0.15, 0.2) is 11.5 Å². The van der Waals surface area contributed by atoms with Gasteiger partial charge in [0, 0.05) is 27.1 Å². The molecule has 0 spiro atoms. The van der Waals surface area contributed by atoms with E-state index in [0.717, 1.165) is 17.5 Å². The monoisotopic (exact) mass is 635 g/mol. The molecule has 2 N–H and O–H groups in total. The minimum absolute atomic E-state index is 0.0185. The highest BCUT2D eigenvalue weighted by molar-refractivity contribution is 6.34. The summed E-state index contributed by atoms with van der Waals surface area (Å²) in [7, 11) is 1.34. The number of hydrogen-bond donors (Lipinski definition) is 2. The number of alkyl halides is 3. The topological polar surface area (TPSA) is 102 Å². The van der Waals surface area contributed by atoms with E-state index in [0.29, 0.717) is 45.7 Å². The number of hydrazone groups is 1. The highest BCUT2D eigenvalue weighted by atomic mass is 35.5. The number of amides is 1. The number of carbonyl (C=O) groups excluding carboxylic acids is 2. The molecule has 45 heavy (non-hydrogen) atoms. The van der Waals surface area contributed by atoms with Gasteiger partial charge in [-0.2, -0.15) is 18.3 Å². The third-order valence-corrected chi connectivity index (χ3v) is 6.98. The van der Waals surface area contributed by atoms with Gasteiger partial charge >= 0.3 is 12.1 Å². The van der Waals surface area contributed by atoms with Crippen LogP contribution in [0.4, 0.5) is 13.2 Å². The van der Waals surface area contributed by atoms with E-state index in [1.54, 1.807) is 18.2 Å². The van der Waals surface area contributed by atoms with Crippen molar-refractivity contribution < 1.29 is 37.0 Å². The molecule has 0 saturated carbocycles. The SMILES string of the molecule is CCOc1ccc2[nH]c(C(=O)NN=Cc3ccc(OC(=O)c4cccc(C(F)(F)F)c4)c(OC)c3)c(-c3ccccc3Cl)c2c1. The molecule has 8 nitrogen and oxygen atoms in total. The maximum absolute atomic E-state index is 13.4. The lowest BCUT2D eigenvalue weighted by atomic mass is 10.0. The Labute approximate surface area is 260 Å². The normalized spacial score (nSPS) is 11.5. The van der Waals surface area contributed by atoms with Crippen LogP contribution in [0.15, 0.2) is 90.0 Å². The lowest BCUT2D eigenvalue weighted by Crippen LogP contribution is -2.19. The van der Waals surface area contributed by atoms with Crippen LogP contribution in [0.1, 0.15) is 38.9 Å². The summed E-state index contributed by atoms with van der Waals surface area (Å²) in [4.78, 5) is 29.1. The Balaban J connectivity index is 1.36. The second-order valence-corrected chi connectivity index (χ2v) is 9.98. The summed E-state index contributed by atoms with van der Waals surface area (Å²) in [6, 6.07) is 20.9. The van der Waals surface area contributed by atoms with E-state index in [1.165, 1.54) is 37.6 Å². The Hall–Kier alpha value is -5.29. The van der Waals surface area contributed by atoms with Gasteiger partial charge in [-0.1, -0.05) is 35.9 Å². The fourth-order valence-corrected chi connectivity index (χ4v) is 4.82. The smallest absolute Gasteiger partial charge is 0.416 e. The largest absolute Gasteiger partial charge is 0.494 e. The van der Waals surface area contributed by atoms with Gasteiger partial charge in [0.2, 0.25) is 0 Å². The van der Waals surface area contributed by atoms with Crippen LogP contribution in [0, 0.1) is 0 Å². The third-order valence-electron chi connectivity index (χ3n) is 6.65. The summed E-state index contributed by atoms with van der Waals surface area (Å²) >= 11 is 6.52. The molecule has 0 saturated heterocycles. The summed E-state index contributed by atoms with van der Waals surface area (Å²) in [5.74, 6) is -0.787. The van der Waals surface area contributed by atoms with Crippen LogP contribution < -0.4 is 19.6 Å². The molecule has 1 heterocycles. The zero-order valence-electron chi connectivity index (χ0n) is 23.9. The van der Waals surface area contributed by atoms with Crippen LogP contribution in [0.5, 0.6) is 17.2 Å². The average molecular weight is 636 g/mol. The van der Waals surface area contributed by atoms with E-state index < -0.39 is 23.6 Å². The number of methoxy groups -OCH3 is 1. The molecule has 0 fully saturated rings. The van der Waals surface area contributed by atoms with Gasteiger partial charge in [0.1, 0.15) is 11.4 Å². The Morgan fingerprint density at radius 2 is 1.78 bits per heavy atom. The van der Waals surface area contributed by atoms with Gasteiger partial charge in [-0.05, 0) is 73.2 Å². The summed E-state index contributed by atoms with van der Waals surface area (Å²) in [6.45, 7) is 2.35. The number of halogens is 4. The van der Waals surface area contributed by atoms with Crippen molar-refractivity contribution in [1.29, 1.82) is 0 Å². The molecular formula is C33H25ClF3N3O5. The number of fused-ring (bicyclic) bond motifs is 1. The van der Waals surface area contributed by atoms with E-state index in [-0.39, 0.29) is 22.8 Å². The van der Waals surface area contributed by atoms with Crippen molar-refractivity contribution >= 4 is 40.6 Å². The van der Waals surface area contributed by atoms with E-state index in [4.69, 9.17) is 25.8 Å². The van der Waals surface area contributed by atoms with Crippen molar-refractivity contribution in [2.24, 2.45) is 5.10 Å². The number of aromatic amines is 1. The van der Waals surface area contributed by atoms with Gasteiger partial charge in [-0.25, -0.2) is 10.2 Å². The molecule has 0 unspecified atom stereocenters. The molecule has 1 amide bonds. The highest BCUT2D eigenvalue weighted by Crippen LogP contribution is 2.38. The highest BCUT2D eigenvalue weighted by Gasteiger charge is 2.31. The number of esters is 1. The maximum atomic E-state index is 13.4. The van der Waals surface area contributed by atoms with Crippen LogP contribution >= 0.6 is 11.6 Å². The minimum atomic E-state index is -4.61. The zero-order chi connectivity index (χ0) is 32.1. The second-order valence-electron chi connectivity index (χ2n) is 9.57. The van der Waals surface area contributed by atoms with E-state index >= 15 is 0 Å². The maximum Gasteiger partial charge on any atom is 0.416 e. The number of rotatable bonds is 9. The average Bonchev–Trinajstić information content (AvgIpc) is 3.40. The van der Waals surface area contributed by atoms with Crippen LogP contribution in [-0.4, -0.2) is 36.8 Å². The molecule has 5 rings (SSSR count). The molecule has 230 valence electrons. The predicted octanol–water partition coefficient (Wildman–Crippen LogP) is 7.90. The first-order valence-corrected chi connectivity index (χ1v) is 13.9. The quantitative estimate of drug-likeness (QED) is 0.0742. The van der Waals surface area contributed by atoms with Crippen LogP contribution in [0.25, 0.3) is 22.0 Å². The van der Waals surface area contributed by atoms with Gasteiger partial charge in [0.05, 0.1) is 31.1 Å². The number of aromatic nitrogens is 1. The molecule has 5 aromatic rings. The Kier molecular flexibility index (Phi) is 9.10. The summed E-state index contributed by atoms with van der Waals surface area (Å²) < 4.78 is 55.4. The summed E-state index contributed by atoms with van der Waals surface area (Å²) in [5.41, 5.74) is 3.89. The first-order chi connectivity index (χ1) is 21.6. The van der Waals surface area contributed by atoms with Crippen molar-refractivity contribution in [3.8, 4) is 28.4 Å². The third kappa shape index (κ3) is 6.94. The minimum Gasteiger partial charge on any atom is -0.494 e. The first kappa shape index (κ1) is 31.1. The zero-order valence-corrected chi connectivity index (χ0v) is 24.6. The van der Waals surface area contributed by atoms with Gasteiger partial charge in [-0.3, -0.25) is 4.79 Å². The fraction of sp³-hybridized carbons (Fsp3) is 0.121. The molecule has 0 aliphatic heterocycles. The number of nitrogens with zero attached hydrogens (tertiary/aromatic N) is 1. The molecule has 4 aromatic carbocycles. The fourth-order valence-electron chi connectivity index (χ4n) is 4.59. The first-order valence-electron chi connectivity index (χ1n) is 13.5. The molecule has 0 atom stereocenters. The lowest BCUT2D eigenvalue weighted by Gasteiger charge is -2.11. The van der Waals surface area contributed by atoms with Crippen molar-refractivity contribution in [2.75, 3.05) is 13.7 Å². The Morgan fingerprint density at radius 3 is 2.51 bits per heavy atom. The van der Waals surface area contributed by atoms with Gasteiger partial charge < -0.3 is 19.2 Å².